The van der Waals surface area contributed by atoms with Crippen molar-refractivity contribution in [3.8, 4) is 0 Å². The second kappa shape index (κ2) is 7.62. The third kappa shape index (κ3) is 3.62. The summed E-state index contributed by atoms with van der Waals surface area (Å²) in [6, 6.07) is 2.21. The fraction of sp³-hybridized carbons (Fsp3) is 0.650. The third-order valence-corrected chi connectivity index (χ3v) is 6.52. The van der Waals surface area contributed by atoms with E-state index in [-0.39, 0.29) is 30.0 Å². The van der Waals surface area contributed by atoms with Crippen molar-refractivity contribution in [3.05, 3.63) is 36.0 Å². The number of aromatic nitrogens is 4. The van der Waals surface area contributed by atoms with Gasteiger partial charge in [-0.3, -0.25) is 10.1 Å². The Kier molecular flexibility index (Phi) is 4.97. The number of hydrazine groups is 1. The van der Waals surface area contributed by atoms with E-state index in [4.69, 9.17) is 4.74 Å². The molecule has 3 aliphatic rings. The largest absolute Gasteiger partial charge is 0.375 e. The fourth-order valence-corrected chi connectivity index (χ4v) is 5.03. The first-order chi connectivity index (χ1) is 14.1. The predicted octanol–water partition coefficient (Wildman–Crippen LogP) is 1.48. The molecule has 2 N–H and O–H groups in total. The van der Waals surface area contributed by atoms with Crippen LogP contribution in [0.2, 0.25) is 0 Å². The Morgan fingerprint density at radius 1 is 1.24 bits per heavy atom. The molecular formula is C20H28FN7O. The van der Waals surface area contributed by atoms with Crippen molar-refractivity contribution >= 4 is 5.82 Å². The Morgan fingerprint density at radius 2 is 2.14 bits per heavy atom. The highest BCUT2D eigenvalue weighted by Gasteiger charge is 2.46. The van der Waals surface area contributed by atoms with Crippen molar-refractivity contribution < 1.29 is 9.13 Å². The van der Waals surface area contributed by atoms with Crippen molar-refractivity contribution in [2.75, 3.05) is 24.6 Å². The number of anilines is 1. The van der Waals surface area contributed by atoms with Crippen LogP contribution in [0.4, 0.5) is 10.2 Å². The van der Waals surface area contributed by atoms with Crippen LogP contribution in [0.15, 0.2) is 24.8 Å². The average molecular weight is 401 g/mol. The highest BCUT2D eigenvalue weighted by molar-refractivity contribution is 5.40. The summed E-state index contributed by atoms with van der Waals surface area (Å²) >= 11 is 0. The molecule has 5 rings (SSSR count). The van der Waals surface area contributed by atoms with Gasteiger partial charge in [-0.05, 0) is 31.2 Å². The first-order valence-corrected chi connectivity index (χ1v) is 10.4. The van der Waals surface area contributed by atoms with Crippen molar-refractivity contribution in [2.24, 2.45) is 13.0 Å². The van der Waals surface area contributed by atoms with Crippen molar-refractivity contribution in [3.63, 3.8) is 0 Å². The van der Waals surface area contributed by atoms with Crippen LogP contribution in [0.5, 0.6) is 0 Å². The Morgan fingerprint density at radius 3 is 2.93 bits per heavy atom. The summed E-state index contributed by atoms with van der Waals surface area (Å²) in [6.07, 6.45) is 5.94. The van der Waals surface area contributed by atoms with Gasteiger partial charge in [0.1, 0.15) is 18.3 Å². The fourth-order valence-electron chi connectivity index (χ4n) is 5.03. The molecule has 4 heterocycles. The normalized spacial score (nSPS) is 34.9. The summed E-state index contributed by atoms with van der Waals surface area (Å²) in [6.45, 7) is 4.44. The zero-order chi connectivity index (χ0) is 20.0. The van der Waals surface area contributed by atoms with Gasteiger partial charge in [0, 0.05) is 44.4 Å². The summed E-state index contributed by atoms with van der Waals surface area (Å²) in [5.74, 6) is 1.06. The van der Waals surface area contributed by atoms with Crippen LogP contribution in [-0.4, -0.2) is 57.8 Å². The molecule has 2 aromatic rings. The SMILES string of the molecule is C[C@@H]1CN(c2cc(C3NNC4CC(F)C(c5cnn(C)c5)CC43)ncn2)CCO1. The molecule has 29 heavy (non-hydrogen) atoms. The molecule has 9 heteroatoms. The number of ether oxygens (including phenoxy) is 1. The second-order valence-electron chi connectivity index (χ2n) is 8.51. The molecule has 1 saturated carbocycles. The van der Waals surface area contributed by atoms with E-state index in [1.165, 1.54) is 0 Å². The van der Waals surface area contributed by atoms with Gasteiger partial charge in [0.05, 0.1) is 30.6 Å². The lowest BCUT2D eigenvalue weighted by Gasteiger charge is -2.35. The summed E-state index contributed by atoms with van der Waals surface area (Å²) < 4.78 is 22.3. The number of hydrogen-bond acceptors (Lipinski definition) is 7. The van der Waals surface area contributed by atoms with Gasteiger partial charge in [0.2, 0.25) is 0 Å². The maximum Gasteiger partial charge on any atom is 0.132 e. The van der Waals surface area contributed by atoms with E-state index >= 15 is 0 Å². The quantitative estimate of drug-likeness (QED) is 0.807. The molecule has 5 unspecified atom stereocenters. The van der Waals surface area contributed by atoms with Crippen LogP contribution in [0, 0.1) is 5.92 Å². The summed E-state index contributed by atoms with van der Waals surface area (Å²) in [4.78, 5) is 11.3. The second-order valence-corrected chi connectivity index (χ2v) is 8.51. The minimum atomic E-state index is -0.871. The number of alkyl halides is 1. The lowest BCUT2D eigenvalue weighted by Crippen LogP contribution is -2.41. The molecule has 2 saturated heterocycles. The molecule has 0 spiro atoms. The van der Waals surface area contributed by atoms with Gasteiger partial charge in [0.25, 0.3) is 0 Å². The van der Waals surface area contributed by atoms with Crippen molar-refractivity contribution in [1.29, 1.82) is 0 Å². The first kappa shape index (κ1) is 18.9. The monoisotopic (exact) mass is 401 g/mol. The maximum atomic E-state index is 14.9. The van der Waals surface area contributed by atoms with Gasteiger partial charge in [0.15, 0.2) is 0 Å². The number of morpholine rings is 1. The number of aryl methyl sites for hydroxylation is 1. The van der Waals surface area contributed by atoms with E-state index in [2.05, 4.69) is 43.8 Å². The standard InChI is InChI=1S/C20H28FN7O/c1-12-9-28(3-4-29-12)19-7-18(22-11-23-19)20-15-5-14(13-8-24-27(2)10-13)16(21)6-17(15)25-26-20/h7-8,10-12,14-17,20,25-26H,3-6,9H2,1-2H3/t12-,14?,15?,16?,17?,20?/m1/s1. The highest BCUT2D eigenvalue weighted by Crippen LogP contribution is 2.45. The summed E-state index contributed by atoms with van der Waals surface area (Å²) in [5, 5.41) is 4.24. The molecule has 3 fully saturated rings. The first-order valence-electron chi connectivity index (χ1n) is 10.4. The van der Waals surface area contributed by atoms with E-state index < -0.39 is 6.17 Å². The average Bonchev–Trinajstić information content (AvgIpc) is 3.33. The van der Waals surface area contributed by atoms with E-state index in [1.807, 2.05) is 13.2 Å². The molecule has 0 amide bonds. The van der Waals surface area contributed by atoms with Crippen LogP contribution in [0.25, 0.3) is 0 Å². The Balaban J connectivity index is 1.37. The summed E-state index contributed by atoms with van der Waals surface area (Å²) in [7, 11) is 1.87. The molecule has 1 aliphatic carbocycles. The minimum Gasteiger partial charge on any atom is -0.375 e. The van der Waals surface area contributed by atoms with Gasteiger partial charge in [-0.15, -0.1) is 0 Å². The molecule has 0 radical (unpaired) electrons. The Hall–Kier alpha value is -2.10. The van der Waals surface area contributed by atoms with E-state index in [1.54, 1.807) is 17.2 Å². The zero-order valence-corrected chi connectivity index (χ0v) is 16.8. The lowest BCUT2D eigenvalue weighted by atomic mass is 9.72. The van der Waals surface area contributed by atoms with Gasteiger partial charge in [-0.1, -0.05) is 0 Å². The maximum absolute atomic E-state index is 14.9. The molecular weight excluding hydrogens is 373 g/mol. The van der Waals surface area contributed by atoms with Crippen molar-refractivity contribution in [2.45, 2.75) is 50.0 Å². The number of hydrogen-bond donors (Lipinski definition) is 2. The van der Waals surface area contributed by atoms with Gasteiger partial charge < -0.3 is 9.64 Å². The molecule has 0 bridgehead atoms. The Labute approximate surface area is 169 Å². The number of nitrogens with zero attached hydrogens (tertiary/aromatic N) is 5. The predicted molar refractivity (Wildman–Crippen MR) is 106 cm³/mol. The molecule has 156 valence electrons. The number of rotatable bonds is 3. The number of nitrogens with one attached hydrogen (secondary N) is 2. The smallest absolute Gasteiger partial charge is 0.132 e. The number of halogens is 1. The van der Waals surface area contributed by atoms with Crippen LogP contribution in [0.3, 0.4) is 0 Å². The molecule has 6 atom stereocenters. The van der Waals surface area contributed by atoms with E-state index in [9.17, 15) is 4.39 Å². The van der Waals surface area contributed by atoms with Crippen LogP contribution >= 0.6 is 0 Å². The molecule has 0 aromatic carbocycles. The van der Waals surface area contributed by atoms with Crippen LogP contribution in [-0.2, 0) is 11.8 Å². The van der Waals surface area contributed by atoms with Crippen LogP contribution in [0.1, 0.15) is 43.0 Å². The van der Waals surface area contributed by atoms with E-state index in [0.29, 0.717) is 13.0 Å². The molecule has 2 aromatic heterocycles. The van der Waals surface area contributed by atoms with Gasteiger partial charge in [-0.25, -0.2) is 19.8 Å². The topological polar surface area (TPSA) is 80.1 Å². The van der Waals surface area contributed by atoms with Gasteiger partial charge in [-0.2, -0.15) is 5.10 Å². The van der Waals surface area contributed by atoms with Crippen molar-refractivity contribution in [1.82, 2.24) is 30.6 Å². The lowest BCUT2D eigenvalue weighted by molar-refractivity contribution is 0.0529. The Bertz CT molecular complexity index is 861. The molecule has 8 nitrogen and oxygen atoms in total. The highest BCUT2D eigenvalue weighted by atomic mass is 19.1. The zero-order valence-electron chi connectivity index (χ0n) is 16.8. The third-order valence-electron chi connectivity index (χ3n) is 6.52. The van der Waals surface area contributed by atoms with Gasteiger partial charge >= 0.3 is 0 Å². The minimum absolute atomic E-state index is 0.0342. The van der Waals surface area contributed by atoms with Crippen LogP contribution < -0.4 is 15.8 Å². The van der Waals surface area contributed by atoms with E-state index in [0.717, 1.165) is 36.6 Å². The summed E-state index contributed by atoms with van der Waals surface area (Å²) in [5.41, 5.74) is 8.63. The number of fused-ring (bicyclic) bond motifs is 1. The molecule has 2 aliphatic heterocycles.